The molecule has 0 unspecified atom stereocenters. The number of urea groups is 1. The molecule has 128 valence electrons. The van der Waals surface area contributed by atoms with Gasteiger partial charge in [-0.15, -0.1) is 21.5 Å². The molecule has 0 bridgehead atoms. The Morgan fingerprint density at radius 2 is 2.17 bits per heavy atom. The quantitative estimate of drug-likeness (QED) is 0.480. The molecule has 0 atom stereocenters. The van der Waals surface area contributed by atoms with E-state index in [-0.39, 0.29) is 11.9 Å². The third-order valence-electron chi connectivity index (χ3n) is 3.66. The number of aromatic nitrogens is 2. The van der Waals surface area contributed by atoms with Crippen LogP contribution < -0.4 is 5.32 Å². The first kappa shape index (κ1) is 17.0. The maximum atomic E-state index is 12.1. The molecule has 0 spiro atoms. The average molecular weight is 366 g/mol. The van der Waals surface area contributed by atoms with Gasteiger partial charge in [-0.1, -0.05) is 11.8 Å². The van der Waals surface area contributed by atoms with Crippen LogP contribution in [0.1, 0.15) is 25.8 Å². The maximum absolute atomic E-state index is 12.1. The molecular formula is C15H18N4O3S2. The molecule has 0 saturated carbocycles. The van der Waals surface area contributed by atoms with E-state index in [9.17, 15) is 9.59 Å². The molecule has 0 aliphatic carbocycles. The number of amides is 3. The zero-order chi connectivity index (χ0) is 17.3. The van der Waals surface area contributed by atoms with Gasteiger partial charge < -0.3 is 9.73 Å². The monoisotopic (exact) mass is 366 g/mol. The second kappa shape index (κ2) is 6.56. The number of aryl methyl sites for hydroxylation is 1. The van der Waals surface area contributed by atoms with Gasteiger partial charge in [0.25, 0.3) is 17.0 Å². The number of imide groups is 1. The van der Waals surface area contributed by atoms with Crippen molar-refractivity contribution < 1.29 is 14.0 Å². The van der Waals surface area contributed by atoms with Crippen molar-refractivity contribution in [3.63, 3.8) is 0 Å². The lowest BCUT2D eigenvalue weighted by Gasteiger charge is -2.15. The number of thioether (sulfide) groups is 1. The molecule has 1 fully saturated rings. The standard InChI is InChI=1S/C15H18N4O3S2/c1-9-5-8-23-10(9)11-17-18-14(22-11)24-7-4-6-19-12(20)15(2,3)16-13(19)21/h5,8H,4,6-7H2,1-3H3,(H,16,21). The third-order valence-corrected chi connectivity index (χ3v) is 5.57. The van der Waals surface area contributed by atoms with Crippen LogP contribution >= 0.6 is 23.1 Å². The molecule has 0 aromatic carbocycles. The van der Waals surface area contributed by atoms with E-state index in [0.29, 0.717) is 29.8 Å². The number of hydrogen-bond acceptors (Lipinski definition) is 7. The third kappa shape index (κ3) is 3.32. The molecule has 24 heavy (non-hydrogen) atoms. The molecule has 3 heterocycles. The summed E-state index contributed by atoms with van der Waals surface area (Å²) in [7, 11) is 0. The lowest BCUT2D eigenvalue weighted by Crippen LogP contribution is -2.40. The Labute approximate surface area is 147 Å². The van der Waals surface area contributed by atoms with Crippen molar-refractivity contribution in [3.8, 4) is 10.8 Å². The van der Waals surface area contributed by atoms with Gasteiger partial charge in [-0.25, -0.2) is 4.79 Å². The Morgan fingerprint density at radius 1 is 1.38 bits per heavy atom. The highest BCUT2D eigenvalue weighted by Crippen LogP contribution is 2.30. The minimum Gasteiger partial charge on any atom is -0.410 e. The van der Waals surface area contributed by atoms with Crippen LogP contribution in [0, 0.1) is 6.92 Å². The van der Waals surface area contributed by atoms with Gasteiger partial charge in [0, 0.05) is 12.3 Å². The summed E-state index contributed by atoms with van der Waals surface area (Å²) in [5.41, 5.74) is 0.297. The minimum absolute atomic E-state index is 0.189. The van der Waals surface area contributed by atoms with Crippen LogP contribution in [0.15, 0.2) is 21.1 Å². The van der Waals surface area contributed by atoms with Crippen LogP contribution in [0.4, 0.5) is 4.79 Å². The predicted molar refractivity (Wildman–Crippen MR) is 92.0 cm³/mol. The lowest BCUT2D eigenvalue weighted by molar-refractivity contribution is -0.130. The number of hydrogen-bond donors (Lipinski definition) is 1. The Bertz CT molecular complexity index is 768. The molecule has 0 radical (unpaired) electrons. The summed E-state index contributed by atoms with van der Waals surface area (Å²) < 4.78 is 5.65. The zero-order valence-corrected chi connectivity index (χ0v) is 15.3. The van der Waals surface area contributed by atoms with Gasteiger partial charge in [-0.05, 0) is 44.2 Å². The summed E-state index contributed by atoms with van der Waals surface area (Å²) in [4.78, 5) is 26.1. The molecule has 3 amide bonds. The van der Waals surface area contributed by atoms with Crippen LogP contribution in [0.25, 0.3) is 10.8 Å². The van der Waals surface area contributed by atoms with Gasteiger partial charge >= 0.3 is 6.03 Å². The normalized spacial score (nSPS) is 16.7. The lowest BCUT2D eigenvalue weighted by atomic mass is 10.1. The SMILES string of the molecule is Cc1ccsc1-c1nnc(SCCCN2C(=O)NC(C)(C)C2=O)o1. The molecule has 3 rings (SSSR count). The van der Waals surface area contributed by atoms with Crippen LogP contribution in [0.2, 0.25) is 0 Å². The summed E-state index contributed by atoms with van der Waals surface area (Å²) in [5, 5.41) is 13.2. The fraction of sp³-hybridized carbons (Fsp3) is 0.467. The van der Waals surface area contributed by atoms with Crippen molar-refractivity contribution in [2.24, 2.45) is 0 Å². The van der Waals surface area contributed by atoms with Crippen molar-refractivity contribution in [1.82, 2.24) is 20.4 Å². The fourth-order valence-corrected chi connectivity index (χ4v) is 3.88. The van der Waals surface area contributed by atoms with Crippen molar-refractivity contribution in [2.75, 3.05) is 12.3 Å². The van der Waals surface area contributed by atoms with E-state index in [4.69, 9.17) is 4.42 Å². The number of rotatable bonds is 6. The van der Waals surface area contributed by atoms with Crippen molar-refractivity contribution in [2.45, 2.75) is 38.0 Å². The highest BCUT2D eigenvalue weighted by molar-refractivity contribution is 7.99. The molecule has 2 aromatic rings. The molecule has 1 aliphatic rings. The summed E-state index contributed by atoms with van der Waals surface area (Å²) in [6.07, 6.45) is 0.662. The van der Waals surface area contributed by atoms with Crippen molar-refractivity contribution in [3.05, 3.63) is 17.0 Å². The molecule has 1 aliphatic heterocycles. The van der Waals surface area contributed by atoms with E-state index >= 15 is 0 Å². The van der Waals surface area contributed by atoms with Gasteiger partial charge in [-0.2, -0.15) is 0 Å². The van der Waals surface area contributed by atoms with Crippen LogP contribution in [-0.2, 0) is 4.79 Å². The number of thiophene rings is 1. The Hall–Kier alpha value is -1.87. The molecule has 2 aromatic heterocycles. The maximum Gasteiger partial charge on any atom is 0.325 e. The average Bonchev–Trinajstić information content (AvgIpc) is 3.18. The Morgan fingerprint density at radius 3 is 2.79 bits per heavy atom. The first-order valence-electron chi connectivity index (χ1n) is 7.53. The number of carbonyl (C=O) groups excluding carboxylic acids is 2. The van der Waals surface area contributed by atoms with E-state index in [1.54, 1.807) is 25.2 Å². The number of carbonyl (C=O) groups is 2. The summed E-state index contributed by atoms with van der Waals surface area (Å²) >= 11 is 2.99. The summed E-state index contributed by atoms with van der Waals surface area (Å²) in [6.45, 7) is 5.79. The second-order valence-corrected chi connectivity index (χ2v) is 7.98. The molecule has 1 N–H and O–H groups in total. The Kier molecular flexibility index (Phi) is 4.64. The first-order chi connectivity index (χ1) is 11.4. The highest BCUT2D eigenvalue weighted by Gasteiger charge is 2.43. The summed E-state index contributed by atoms with van der Waals surface area (Å²) in [6, 6.07) is 1.68. The zero-order valence-electron chi connectivity index (χ0n) is 13.7. The van der Waals surface area contributed by atoms with E-state index in [2.05, 4.69) is 15.5 Å². The van der Waals surface area contributed by atoms with E-state index in [1.807, 2.05) is 18.4 Å². The molecular weight excluding hydrogens is 348 g/mol. The number of nitrogens with one attached hydrogen (secondary N) is 1. The first-order valence-corrected chi connectivity index (χ1v) is 9.40. The van der Waals surface area contributed by atoms with Gasteiger partial charge in [0.2, 0.25) is 0 Å². The van der Waals surface area contributed by atoms with Gasteiger partial charge in [-0.3, -0.25) is 9.69 Å². The number of nitrogens with zero attached hydrogens (tertiary/aromatic N) is 3. The van der Waals surface area contributed by atoms with Crippen LogP contribution in [0.5, 0.6) is 0 Å². The van der Waals surface area contributed by atoms with Gasteiger partial charge in [0.15, 0.2) is 0 Å². The largest absolute Gasteiger partial charge is 0.410 e. The molecule has 7 nitrogen and oxygen atoms in total. The fourth-order valence-electron chi connectivity index (χ4n) is 2.35. The smallest absolute Gasteiger partial charge is 0.325 e. The van der Waals surface area contributed by atoms with E-state index < -0.39 is 5.54 Å². The van der Waals surface area contributed by atoms with E-state index in [0.717, 1.165) is 10.4 Å². The summed E-state index contributed by atoms with van der Waals surface area (Å²) in [5.74, 6) is 1.02. The van der Waals surface area contributed by atoms with E-state index in [1.165, 1.54) is 16.7 Å². The second-order valence-electron chi connectivity index (χ2n) is 6.02. The van der Waals surface area contributed by atoms with Crippen molar-refractivity contribution in [1.29, 1.82) is 0 Å². The van der Waals surface area contributed by atoms with Crippen LogP contribution in [0.3, 0.4) is 0 Å². The molecule has 9 heteroatoms. The van der Waals surface area contributed by atoms with Crippen molar-refractivity contribution >= 4 is 35.0 Å². The highest BCUT2D eigenvalue weighted by atomic mass is 32.2. The predicted octanol–water partition coefficient (Wildman–Crippen LogP) is 2.92. The minimum atomic E-state index is -0.815. The van der Waals surface area contributed by atoms with Gasteiger partial charge in [0.1, 0.15) is 5.54 Å². The van der Waals surface area contributed by atoms with Crippen LogP contribution in [-0.4, -0.2) is 44.9 Å². The van der Waals surface area contributed by atoms with Gasteiger partial charge in [0.05, 0.1) is 4.88 Å². The molecule has 1 saturated heterocycles. The topological polar surface area (TPSA) is 88.3 Å². The Balaban J connectivity index is 1.49.